The Morgan fingerprint density at radius 3 is 2.89 bits per heavy atom. The summed E-state index contributed by atoms with van der Waals surface area (Å²) in [4.78, 5) is 11.5. The molecular weight excluding hydrogens is 232 g/mol. The van der Waals surface area contributed by atoms with E-state index in [1.165, 1.54) is 0 Å². The summed E-state index contributed by atoms with van der Waals surface area (Å²) in [6, 6.07) is 9.97. The Morgan fingerprint density at radius 2 is 2.06 bits per heavy atom. The molecule has 4 heteroatoms. The van der Waals surface area contributed by atoms with Crippen molar-refractivity contribution >= 4 is 5.97 Å². The highest BCUT2D eigenvalue weighted by Gasteiger charge is 2.48. The van der Waals surface area contributed by atoms with Gasteiger partial charge in [-0.2, -0.15) is 0 Å². The molecule has 1 aromatic carbocycles. The van der Waals surface area contributed by atoms with Crippen LogP contribution in [-0.2, 0) is 25.6 Å². The number of rotatable bonds is 4. The molecular formula is C14H16O4. The summed E-state index contributed by atoms with van der Waals surface area (Å²) < 4.78 is 16.3. The second-order valence-corrected chi connectivity index (χ2v) is 4.78. The number of benzene rings is 1. The zero-order chi connectivity index (χ0) is 12.4. The Hall–Kier alpha value is -1.39. The predicted octanol–water partition coefficient (Wildman–Crippen LogP) is 1.39. The lowest BCUT2D eigenvalue weighted by molar-refractivity contribution is -0.148. The van der Waals surface area contributed by atoms with Gasteiger partial charge in [0.15, 0.2) is 0 Å². The summed E-state index contributed by atoms with van der Waals surface area (Å²) in [6.45, 7) is 2.10. The molecule has 0 saturated carbocycles. The number of cyclic esters (lactones) is 1. The molecule has 0 spiro atoms. The maximum atomic E-state index is 11.5. The van der Waals surface area contributed by atoms with Gasteiger partial charge in [0.05, 0.1) is 32.3 Å². The number of fused-ring (bicyclic) bond motifs is 1. The first kappa shape index (κ1) is 11.7. The van der Waals surface area contributed by atoms with Crippen molar-refractivity contribution in [2.24, 2.45) is 11.8 Å². The van der Waals surface area contributed by atoms with E-state index in [0.29, 0.717) is 26.4 Å². The van der Waals surface area contributed by atoms with Crippen LogP contribution >= 0.6 is 0 Å². The highest BCUT2D eigenvalue weighted by atomic mass is 16.6. The Balaban J connectivity index is 1.50. The lowest BCUT2D eigenvalue weighted by Crippen LogP contribution is -2.25. The summed E-state index contributed by atoms with van der Waals surface area (Å²) in [6.07, 6.45) is -0.145. The normalized spacial score (nSPS) is 30.2. The van der Waals surface area contributed by atoms with Crippen molar-refractivity contribution in [1.82, 2.24) is 0 Å². The third-order valence-electron chi connectivity index (χ3n) is 3.57. The first-order valence-corrected chi connectivity index (χ1v) is 6.24. The average Bonchev–Trinajstić information content (AvgIpc) is 2.97. The fraction of sp³-hybridized carbons (Fsp3) is 0.500. The summed E-state index contributed by atoms with van der Waals surface area (Å²) in [5.41, 5.74) is 1.13. The van der Waals surface area contributed by atoms with Gasteiger partial charge in [0.2, 0.25) is 0 Å². The molecule has 2 saturated heterocycles. The monoisotopic (exact) mass is 248 g/mol. The van der Waals surface area contributed by atoms with Crippen LogP contribution in [0.3, 0.4) is 0 Å². The molecule has 0 aliphatic carbocycles. The third-order valence-corrected chi connectivity index (χ3v) is 3.57. The molecule has 3 atom stereocenters. The summed E-state index contributed by atoms with van der Waals surface area (Å²) in [5.74, 6) is -0.0330. The Labute approximate surface area is 106 Å². The Bertz CT molecular complexity index is 417. The van der Waals surface area contributed by atoms with E-state index in [1.807, 2.05) is 30.3 Å². The van der Waals surface area contributed by atoms with Crippen LogP contribution in [0.25, 0.3) is 0 Å². The molecule has 0 aromatic heterocycles. The highest BCUT2D eigenvalue weighted by molar-refractivity contribution is 5.75. The summed E-state index contributed by atoms with van der Waals surface area (Å²) in [5, 5.41) is 0. The SMILES string of the molecule is O=C1O[C@H](COCc2ccccc2)[C@@H]2COC[C@H]12. The van der Waals surface area contributed by atoms with Gasteiger partial charge in [-0.15, -0.1) is 0 Å². The van der Waals surface area contributed by atoms with Crippen LogP contribution in [0, 0.1) is 11.8 Å². The molecule has 0 amide bonds. The first-order chi connectivity index (χ1) is 8.84. The van der Waals surface area contributed by atoms with E-state index >= 15 is 0 Å². The van der Waals surface area contributed by atoms with Crippen LogP contribution in [0.1, 0.15) is 5.56 Å². The van der Waals surface area contributed by atoms with Crippen molar-refractivity contribution in [2.45, 2.75) is 12.7 Å². The van der Waals surface area contributed by atoms with Gasteiger partial charge in [-0.1, -0.05) is 30.3 Å². The molecule has 2 fully saturated rings. The summed E-state index contributed by atoms with van der Waals surface area (Å²) >= 11 is 0. The van der Waals surface area contributed by atoms with E-state index < -0.39 is 0 Å². The topological polar surface area (TPSA) is 44.8 Å². The molecule has 0 N–H and O–H groups in total. The molecule has 4 nitrogen and oxygen atoms in total. The van der Waals surface area contributed by atoms with E-state index in [9.17, 15) is 4.79 Å². The molecule has 2 aliphatic rings. The fourth-order valence-electron chi connectivity index (χ4n) is 2.53. The smallest absolute Gasteiger partial charge is 0.312 e. The maximum absolute atomic E-state index is 11.5. The van der Waals surface area contributed by atoms with E-state index in [1.54, 1.807) is 0 Å². The van der Waals surface area contributed by atoms with Crippen molar-refractivity contribution in [1.29, 1.82) is 0 Å². The van der Waals surface area contributed by atoms with Gasteiger partial charge in [-0.3, -0.25) is 4.79 Å². The zero-order valence-electron chi connectivity index (χ0n) is 10.1. The van der Waals surface area contributed by atoms with E-state index in [4.69, 9.17) is 14.2 Å². The van der Waals surface area contributed by atoms with Crippen molar-refractivity contribution in [3.05, 3.63) is 35.9 Å². The molecule has 0 radical (unpaired) electrons. The van der Waals surface area contributed by atoms with Crippen LogP contribution in [-0.4, -0.2) is 31.9 Å². The molecule has 1 aromatic rings. The molecule has 3 rings (SSSR count). The Kier molecular flexibility index (Phi) is 3.30. The van der Waals surface area contributed by atoms with Crippen molar-refractivity contribution in [3.63, 3.8) is 0 Å². The quantitative estimate of drug-likeness (QED) is 0.755. The van der Waals surface area contributed by atoms with Gasteiger partial charge in [-0.05, 0) is 5.56 Å². The van der Waals surface area contributed by atoms with E-state index in [2.05, 4.69) is 0 Å². The fourth-order valence-corrected chi connectivity index (χ4v) is 2.53. The van der Waals surface area contributed by atoms with E-state index in [0.717, 1.165) is 5.56 Å². The lowest BCUT2D eigenvalue weighted by Gasteiger charge is -2.15. The van der Waals surface area contributed by atoms with Crippen LogP contribution in [0.5, 0.6) is 0 Å². The van der Waals surface area contributed by atoms with Gasteiger partial charge in [0.1, 0.15) is 6.10 Å². The number of carbonyl (C=O) groups excluding carboxylic acids is 1. The molecule has 18 heavy (non-hydrogen) atoms. The van der Waals surface area contributed by atoms with Crippen molar-refractivity contribution < 1.29 is 19.0 Å². The molecule has 2 aliphatic heterocycles. The van der Waals surface area contributed by atoms with Crippen molar-refractivity contribution in [2.75, 3.05) is 19.8 Å². The standard InChI is InChI=1S/C14H16O4/c15-14-12-8-17-7-11(12)13(18-14)9-16-6-10-4-2-1-3-5-10/h1-5,11-13H,6-9H2/t11-,12+,13-/m1/s1. The van der Waals surface area contributed by atoms with Gasteiger partial charge in [0.25, 0.3) is 0 Å². The van der Waals surface area contributed by atoms with Gasteiger partial charge >= 0.3 is 5.97 Å². The molecule has 2 heterocycles. The summed E-state index contributed by atoms with van der Waals surface area (Å²) in [7, 11) is 0. The van der Waals surface area contributed by atoms with Gasteiger partial charge < -0.3 is 14.2 Å². The lowest BCUT2D eigenvalue weighted by atomic mass is 9.94. The number of carbonyl (C=O) groups is 1. The van der Waals surface area contributed by atoms with Crippen LogP contribution in [0.4, 0.5) is 0 Å². The van der Waals surface area contributed by atoms with E-state index in [-0.39, 0.29) is 23.9 Å². The Morgan fingerprint density at radius 1 is 1.22 bits per heavy atom. The third kappa shape index (κ3) is 2.26. The molecule has 96 valence electrons. The number of ether oxygens (including phenoxy) is 3. The number of esters is 1. The van der Waals surface area contributed by atoms with Crippen LogP contribution < -0.4 is 0 Å². The van der Waals surface area contributed by atoms with Gasteiger partial charge in [-0.25, -0.2) is 0 Å². The van der Waals surface area contributed by atoms with Gasteiger partial charge in [0, 0.05) is 5.92 Å². The average molecular weight is 248 g/mol. The minimum Gasteiger partial charge on any atom is -0.459 e. The predicted molar refractivity (Wildman–Crippen MR) is 63.8 cm³/mol. The first-order valence-electron chi connectivity index (χ1n) is 6.24. The number of hydrogen-bond acceptors (Lipinski definition) is 4. The highest BCUT2D eigenvalue weighted by Crippen LogP contribution is 2.33. The van der Waals surface area contributed by atoms with Crippen LogP contribution in [0.15, 0.2) is 30.3 Å². The minimum atomic E-state index is -0.145. The molecule has 0 bridgehead atoms. The minimum absolute atomic E-state index is 0.0738. The zero-order valence-corrected chi connectivity index (χ0v) is 10.1. The second kappa shape index (κ2) is 5.08. The number of hydrogen-bond donors (Lipinski definition) is 0. The van der Waals surface area contributed by atoms with Crippen LogP contribution in [0.2, 0.25) is 0 Å². The largest absolute Gasteiger partial charge is 0.459 e. The maximum Gasteiger partial charge on any atom is 0.312 e. The molecule has 0 unspecified atom stereocenters. The second-order valence-electron chi connectivity index (χ2n) is 4.78. The van der Waals surface area contributed by atoms with Crippen molar-refractivity contribution in [3.8, 4) is 0 Å².